The van der Waals surface area contributed by atoms with E-state index in [1.54, 1.807) is 36.4 Å². The number of ether oxygens (including phenoxy) is 2. The number of nitrogens with zero attached hydrogens (tertiary/aromatic N) is 2. The molecule has 0 saturated heterocycles. The molecule has 3 rings (SSSR count). The maximum Gasteiger partial charge on any atom is 0.264 e. The van der Waals surface area contributed by atoms with E-state index in [9.17, 15) is 17.6 Å². The lowest BCUT2D eigenvalue weighted by Crippen LogP contribution is -2.39. The first-order chi connectivity index (χ1) is 16.8. The highest BCUT2D eigenvalue weighted by atomic mass is 32.2. The second-order valence-electron chi connectivity index (χ2n) is 7.17. The Morgan fingerprint density at radius 3 is 2.29 bits per heavy atom. The van der Waals surface area contributed by atoms with Gasteiger partial charge in [0.15, 0.2) is 11.5 Å². The van der Waals surface area contributed by atoms with Gasteiger partial charge in [-0.15, -0.1) is 0 Å². The minimum Gasteiger partial charge on any atom is -0.490 e. The Hall–Kier alpha value is -3.92. The highest BCUT2D eigenvalue weighted by Gasteiger charge is 2.27. The van der Waals surface area contributed by atoms with Crippen LogP contribution in [-0.2, 0) is 14.8 Å². The molecule has 0 bridgehead atoms. The summed E-state index contributed by atoms with van der Waals surface area (Å²) in [6.45, 7) is 4.10. The lowest BCUT2D eigenvalue weighted by molar-refractivity contribution is -0.119. The van der Waals surface area contributed by atoms with Crippen molar-refractivity contribution in [2.45, 2.75) is 18.7 Å². The van der Waals surface area contributed by atoms with E-state index in [4.69, 9.17) is 9.47 Å². The Balaban J connectivity index is 1.78. The second-order valence-corrected chi connectivity index (χ2v) is 9.03. The predicted molar refractivity (Wildman–Crippen MR) is 132 cm³/mol. The number of anilines is 1. The van der Waals surface area contributed by atoms with Crippen molar-refractivity contribution in [3.05, 3.63) is 84.2 Å². The molecule has 0 aliphatic heterocycles. The van der Waals surface area contributed by atoms with Crippen LogP contribution in [0.2, 0.25) is 0 Å². The molecule has 0 atom stereocenters. The van der Waals surface area contributed by atoms with E-state index in [1.165, 1.54) is 30.5 Å². The summed E-state index contributed by atoms with van der Waals surface area (Å²) in [6, 6.07) is 17.7. The third-order valence-electron chi connectivity index (χ3n) is 4.70. The summed E-state index contributed by atoms with van der Waals surface area (Å²) in [6.07, 6.45) is 1.41. The van der Waals surface area contributed by atoms with Gasteiger partial charge in [-0.3, -0.25) is 9.10 Å². The first-order valence-corrected chi connectivity index (χ1v) is 12.3. The van der Waals surface area contributed by atoms with Crippen molar-refractivity contribution in [2.75, 3.05) is 24.1 Å². The summed E-state index contributed by atoms with van der Waals surface area (Å²) in [7, 11) is -4.09. The molecule has 0 unspecified atom stereocenters. The maximum absolute atomic E-state index is 13.4. The number of halogens is 1. The molecular weight excluding hydrogens is 473 g/mol. The molecule has 0 fully saturated rings. The molecule has 0 radical (unpaired) electrons. The average Bonchev–Trinajstić information content (AvgIpc) is 2.85. The van der Waals surface area contributed by atoms with E-state index in [0.29, 0.717) is 30.3 Å². The van der Waals surface area contributed by atoms with Crippen LogP contribution in [0.25, 0.3) is 0 Å². The Labute approximate surface area is 204 Å². The average molecular weight is 500 g/mol. The van der Waals surface area contributed by atoms with Crippen molar-refractivity contribution in [3.8, 4) is 11.5 Å². The molecule has 0 heterocycles. The van der Waals surface area contributed by atoms with E-state index in [-0.39, 0.29) is 10.6 Å². The van der Waals surface area contributed by atoms with Crippen LogP contribution in [0.15, 0.2) is 82.8 Å². The number of benzene rings is 3. The van der Waals surface area contributed by atoms with Crippen molar-refractivity contribution in [1.29, 1.82) is 0 Å². The number of sulfonamides is 1. The first-order valence-electron chi connectivity index (χ1n) is 10.9. The highest BCUT2D eigenvalue weighted by Crippen LogP contribution is 2.28. The van der Waals surface area contributed by atoms with Gasteiger partial charge in [0.1, 0.15) is 12.4 Å². The molecule has 1 N–H and O–H groups in total. The SMILES string of the molecule is CCOc1ccc(/C=N\NC(=O)CN(c2ccc(F)cc2)S(=O)(=O)c2ccccc2)cc1OCC. The minimum absolute atomic E-state index is 0.00142. The fourth-order valence-electron chi connectivity index (χ4n) is 3.13. The number of nitrogens with one attached hydrogen (secondary N) is 1. The monoisotopic (exact) mass is 499 g/mol. The van der Waals surface area contributed by atoms with E-state index in [2.05, 4.69) is 10.5 Å². The Morgan fingerprint density at radius 1 is 0.971 bits per heavy atom. The summed E-state index contributed by atoms with van der Waals surface area (Å²) in [5.41, 5.74) is 3.12. The smallest absolute Gasteiger partial charge is 0.264 e. The molecule has 1 amide bonds. The molecular formula is C25H26FN3O5S. The van der Waals surface area contributed by atoms with Crippen molar-refractivity contribution in [2.24, 2.45) is 5.10 Å². The van der Waals surface area contributed by atoms with E-state index < -0.39 is 28.3 Å². The first kappa shape index (κ1) is 25.7. The number of hydrogen-bond acceptors (Lipinski definition) is 6. The molecule has 35 heavy (non-hydrogen) atoms. The zero-order valence-electron chi connectivity index (χ0n) is 19.3. The van der Waals surface area contributed by atoms with Crippen LogP contribution in [-0.4, -0.2) is 40.3 Å². The zero-order chi connectivity index (χ0) is 25.3. The number of amides is 1. The Morgan fingerprint density at radius 2 is 1.63 bits per heavy atom. The zero-order valence-corrected chi connectivity index (χ0v) is 20.2. The number of rotatable bonds is 11. The van der Waals surface area contributed by atoms with Gasteiger partial charge in [0.2, 0.25) is 0 Å². The lowest BCUT2D eigenvalue weighted by atomic mass is 10.2. The van der Waals surface area contributed by atoms with Gasteiger partial charge in [0, 0.05) is 0 Å². The van der Waals surface area contributed by atoms with Crippen LogP contribution in [0.3, 0.4) is 0 Å². The van der Waals surface area contributed by atoms with Gasteiger partial charge in [0.05, 0.1) is 30.0 Å². The van der Waals surface area contributed by atoms with Crippen LogP contribution in [0.1, 0.15) is 19.4 Å². The molecule has 0 aromatic heterocycles. The molecule has 3 aromatic carbocycles. The molecule has 184 valence electrons. The maximum atomic E-state index is 13.4. The number of carbonyl (C=O) groups is 1. The molecule has 3 aromatic rings. The molecule has 0 saturated carbocycles. The number of carbonyl (C=O) groups excluding carboxylic acids is 1. The number of hydrogen-bond donors (Lipinski definition) is 1. The van der Waals surface area contributed by atoms with Crippen molar-refractivity contribution >= 4 is 27.8 Å². The standard InChI is InChI=1S/C25H26FN3O5S/c1-3-33-23-15-10-19(16-24(23)34-4-2)17-27-28-25(30)18-29(21-13-11-20(26)12-14-21)35(31,32)22-8-6-5-7-9-22/h5-17H,3-4,18H2,1-2H3,(H,28,30)/b27-17-. The fraction of sp³-hybridized carbons (Fsp3) is 0.200. The molecule has 10 heteroatoms. The highest BCUT2D eigenvalue weighted by molar-refractivity contribution is 7.92. The topological polar surface area (TPSA) is 97.3 Å². The lowest BCUT2D eigenvalue weighted by Gasteiger charge is -2.23. The number of hydrazone groups is 1. The second kappa shape index (κ2) is 12.0. The van der Waals surface area contributed by atoms with E-state index in [0.717, 1.165) is 16.4 Å². The summed E-state index contributed by atoms with van der Waals surface area (Å²) < 4.78 is 51.9. The van der Waals surface area contributed by atoms with Crippen molar-refractivity contribution in [3.63, 3.8) is 0 Å². The fourth-order valence-corrected chi connectivity index (χ4v) is 4.58. The quantitative estimate of drug-likeness (QED) is 0.318. The summed E-state index contributed by atoms with van der Waals surface area (Å²) in [5, 5.41) is 3.93. The van der Waals surface area contributed by atoms with Gasteiger partial charge in [-0.25, -0.2) is 18.2 Å². The molecule has 0 aliphatic carbocycles. The van der Waals surface area contributed by atoms with Gasteiger partial charge in [0.25, 0.3) is 15.9 Å². The summed E-state index contributed by atoms with van der Waals surface area (Å²) >= 11 is 0. The van der Waals surface area contributed by atoms with Gasteiger partial charge in [-0.2, -0.15) is 5.10 Å². The van der Waals surface area contributed by atoms with Crippen LogP contribution in [0.5, 0.6) is 11.5 Å². The van der Waals surface area contributed by atoms with Gasteiger partial charge in [-0.05, 0) is 74.0 Å². The van der Waals surface area contributed by atoms with E-state index in [1.807, 2.05) is 13.8 Å². The molecule has 0 spiro atoms. The summed E-state index contributed by atoms with van der Waals surface area (Å²) in [4.78, 5) is 12.6. The van der Waals surface area contributed by atoms with Crippen molar-refractivity contribution < 1.29 is 27.1 Å². The Kier molecular flexibility index (Phi) is 8.80. The largest absolute Gasteiger partial charge is 0.490 e. The van der Waals surface area contributed by atoms with Gasteiger partial charge < -0.3 is 9.47 Å². The predicted octanol–water partition coefficient (Wildman–Crippen LogP) is 3.97. The van der Waals surface area contributed by atoms with Gasteiger partial charge >= 0.3 is 0 Å². The molecule has 8 nitrogen and oxygen atoms in total. The normalized spacial score (nSPS) is 11.3. The van der Waals surface area contributed by atoms with E-state index >= 15 is 0 Å². The van der Waals surface area contributed by atoms with Crippen LogP contribution in [0, 0.1) is 5.82 Å². The van der Waals surface area contributed by atoms with Gasteiger partial charge in [-0.1, -0.05) is 18.2 Å². The third kappa shape index (κ3) is 6.80. The van der Waals surface area contributed by atoms with Crippen LogP contribution >= 0.6 is 0 Å². The van der Waals surface area contributed by atoms with Crippen LogP contribution < -0.4 is 19.2 Å². The molecule has 0 aliphatic rings. The third-order valence-corrected chi connectivity index (χ3v) is 6.49. The van der Waals surface area contributed by atoms with Crippen LogP contribution in [0.4, 0.5) is 10.1 Å². The Bertz CT molecular complexity index is 1270. The summed E-state index contributed by atoms with van der Waals surface area (Å²) in [5.74, 6) is -0.0691. The minimum atomic E-state index is -4.09. The van der Waals surface area contributed by atoms with Crippen molar-refractivity contribution in [1.82, 2.24) is 5.43 Å².